The Labute approximate surface area is 63.4 Å². The third-order valence-electron chi connectivity index (χ3n) is 1.36. The molecule has 0 aromatic carbocycles. The van der Waals surface area contributed by atoms with Crippen molar-refractivity contribution < 1.29 is 28.0 Å². The zero-order chi connectivity index (χ0) is 5.98. The number of nitrogens with zero attached hydrogens (tertiary/aromatic N) is 1. The Morgan fingerprint density at radius 3 is 2.75 bits per heavy atom. The molecule has 0 amide bonds. The highest BCUT2D eigenvalue weighted by atomic mass is 127. The van der Waals surface area contributed by atoms with Crippen molar-refractivity contribution in [2.45, 2.75) is 18.9 Å². The highest BCUT2D eigenvalue weighted by Gasteiger charge is 2.19. The second-order valence-corrected chi connectivity index (χ2v) is 3.66. The van der Waals surface area contributed by atoms with Crippen molar-refractivity contribution in [3.8, 4) is 0 Å². The van der Waals surface area contributed by atoms with Gasteiger partial charge >= 0.3 is 22.9 Å². The first-order valence-corrected chi connectivity index (χ1v) is 3.93. The van der Waals surface area contributed by atoms with E-state index in [0.29, 0.717) is 0 Å². The number of β-amino-alcohol motifs (C(OH)–C–C–N with tert-alkyl or cyclic N) is 1. The minimum Gasteiger partial charge on any atom is -0.392 e. The molecule has 1 fully saturated rings. The molecule has 48 valence electrons. The Balaban J connectivity index is 2.23. The quantitative estimate of drug-likeness (QED) is 0.346. The van der Waals surface area contributed by atoms with Crippen LogP contribution in [-0.2, 0) is 0 Å². The van der Waals surface area contributed by atoms with E-state index in [2.05, 4.69) is 3.11 Å². The van der Waals surface area contributed by atoms with Crippen molar-refractivity contribution in [3.05, 3.63) is 0 Å². The molecule has 3 heteroatoms. The van der Waals surface area contributed by atoms with Gasteiger partial charge in [-0.3, -0.25) is 0 Å². The lowest BCUT2D eigenvalue weighted by molar-refractivity contribution is -0.580. The summed E-state index contributed by atoms with van der Waals surface area (Å²) in [6.07, 6.45) is 2.09. The minimum atomic E-state index is -0.0588. The number of hydrogen-bond donors (Lipinski definition) is 1. The molecule has 1 unspecified atom stereocenters. The Hall–Kier alpha value is 0.650. The van der Waals surface area contributed by atoms with E-state index in [9.17, 15) is 0 Å². The highest BCUT2D eigenvalue weighted by Crippen LogP contribution is 2.03. The largest absolute Gasteiger partial charge is 0.392 e. The predicted octanol–water partition coefficient (Wildman–Crippen LogP) is -3.36. The second-order valence-electron chi connectivity index (χ2n) is 2.18. The number of piperidine rings is 1. The van der Waals surface area contributed by atoms with Gasteiger partial charge in [0.15, 0.2) is 0 Å². The van der Waals surface area contributed by atoms with Crippen LogP contribution in [0.3, 0.4) is 0 Å². The van der Waals surface area contributed by atoms with Gasteiger partial charge in [-0.15, -0.1) is 0 Å². The molecule has 0 bridgehead atoms. The van der Waals surface area contributed by atoms with Crippen LogP contribution in [0.25, 0.3) is 0 Å². The SMILES string of the molecule is OC1CCCN([IH+])C1. The van der Waals surface area contributed by atoms with Gasteiger partial charge in [-0.25, -0.2) is 0 Å². The molecule has 0 saturated carbocycles. The summed E-state index contributed by atoms with van der Waals surface area (Å²) < 4.78 is 2.17. The lowest BCUT2D eigenvalue weighted by atomic mass is 10.1. The fourth-order valence-electron chi connectivity index (χ4n) is 0.921. The van der Waals surface area contributed by atoms with Gasteiger partial charge in [-0.2, -0.15) is 0 Å². The molecule has 0 radical (unpaired) electrons. The van der Waals surface area contributed by atoms with Crippen LogP contribution in [0.2, 0.25) is 0 Å². The predicted molar refractivity (Wildman–Crippen MR) is 28.2 cm³/mol. The zero-order valence-corrected chi connectivity index (χ0v) is 7.04. The first-order chi connectivity index (χ1) is 3.79. The third kappa shape index (κ3) is 1.87. The van der Waals surface area contributed by atoms with E-state index in [1.165, 1.54) is 0 Å². The van der Waals surface area contributed by atoms with Crippen LogP contribution >= 0.6 is 0 Å². The summed E-state index contributed by atoms with van der Waals surface area (Å²) in [7, 11) is 0. The van der Waals surface area contributed by atoms with Gasteiger partial charge in [0, 0.05) is 6.54 Å². The number of hydrogen-bond acceptors (Lipinski definition) is 2. The minimum absolute atomic E-state index is 0.0588. The van der Waals surface area contributed by atoms with Gasteiger partial charge < -0.3 is 5.11 Å². The van der Waals surface area contributed by atoms with Gasteiger partial charge in [0.2, 0.25) is 0 Å². The summed E-state index contributed by atoms with van der Waals surface area (Å²) in [5.74, 6) is 0. The fraction of sp³-hybridized carbons (Fsp3) is 1.00. The molecule has 0 aliphatic carbocycles. The molecular weight excluding hydrogens is 217 g/mol. The van der Waals surface area contributed by atoms with Crippen molar-refractivity contribution >= 4 is 0 Å². The van der Waals surface area contributed by atoms with Crippen molar-refractivity contribution in [1.82, 2.24) is 3.11 Å². The van der Waals surface area contributed by atoms with Crippen LogP contribution < -0.4 is 22.9 Å². The van der Waals surface area contributed by atoms with Crippen LogP contribution in [0.1, 0.15) is 12.8 Å². The number of aliphatic hydroxyl groups is 1. The molecule has 8 heavy (non-hydrogen) atoms. The summed E-state index contributed by atoms with van der Waals surface area (Å²) in [5, 5.41) is 9.04. The van der Waals surface area contributed by atoms with Gasteiger partial charge in [0.05, 0.1) is 12.6 Å². The number of halogens is 1. The highest BCUT2D eigenvalue weighted by molar-refractivity contribution is 4.64. The van der Waals surface area contributed by atoms with E-state index >= 15 is 0 Å². The average Bonchev–Trinajstić information content (AvgIpc) is 1.64. The monoisotopic (exact) mass is 228 g/mol. The standard InChI is InChI=1S/C5H11INO/c6-7-3-1-2-5(8)4-7/h5-6,8H,1-4H2/q+1. The van der Waals surface area contributed by atoms with E-state index in [4.69, 9.17) is 5.11 Å². The topological polar surface area (TPSA) is 23.5 Å². The molecule has 1 saturated heterocycles. The van der Waals surface area contributed by atoms with E-state index in [1.54, 1.807) is 0 Å². The first-order valence-electron chi connectivity index (χ1n) is 2.89. The smallest absolute Gasteiger partial charge is 0.370 e. The van der Waals surface area contributed by atoms with Crippen LogP contribution in [0.5, 0.6) is 0 Å². The summed E-state index contributed by atoms with van der Waals surface area (Å²) in [4.78, 5) is 0. The van der Waals surface area contributed by atoms with Gasteiger partial charge in [-0.1, -0.05) is 3.11 Å². The maximum Gasteiger partial charge on any atom is 0.370 e. The maximum atomic E-state index is 9.04. The van der Waals surface area contributed by atoms with Crippen molar-refractivity contribution in [2.24, 2.45) is 0 Å². The lowest BCUT2D eigenvalue weighted by Crippen LogP contribution is -3.41. The van der Waals surface area contributed by atoms with E-state index in [1.807, 2.05) is 22.9 Å². The molecule has 1 rings (SSSR count). The van der Waals surface area contributed by atoms with E-state index in [-0.39, 0.29) is 6.10 Å². The second kappa shape index (κ2) is 2.98. The Morgan fingerprint density at radius 2 is 2.38 bits per heavy atom. The Morgan fingerprint density at radius 1 is 1.62 bits per heavy atom. The van der Waals surface area contributed by atoms with E-state index in [0.717, 1.165) is 25.9 Å². The Kier molecular flexibility index (Phi) is 2.52. The molecule has 0 aromatic rings. The van der Waals surface area contributed by atoms with Crippen LogP contribution in [0, 0.1) is 0 Å². The molecular formula is C5H11INO+. The third-order valence-corrected chi connectivity index (χ3v) is 2.31. The first kappa shape index (κ1) is 6.77. The Bertz CT molecular complexity index is 70.8. The summed E-state index contributed by atoms with van der Waals surface area (Å²) in [6, 6.07) is 0. The van der Waals surface area contributed by atoms with Crippen molar-refractivity contribution in [1.29, 1.82) is 0 Å². The lowest BCUT2D eigenvalue weighted by Gasteiger charge is -2.18. The van der Waals surface area contributed by atoms with E-state index < -0.39 is 0 Å². The summed E-state index contributed by atoms with van der Waals surface area (Å²) in [6.45, 7) is 2.02. The molecule has 1 atom stereocenters. The van der Waals surface area contributed by atoms with Gasteiger partial charge in [-0.05, 0) is 12.8 Å². The number of rotatable bonds is 0. The van der Waals surface area contributed by atoms with Gasteiger partial charge in [0.25, 0.3) is 0 Å². The number of aliphatic hydroxyl groups excluding tert-OH is 1. The average molecular weight is 228 g/mol. The fourth-order valence-corrected chi connectivity index (χ4v) is 1.78. The van der Waals surface area contributed by atoms with Crippen LogP contribution in [0.15, 0.2) is 0 Å². The molecule has 0 spiro atoms. The molecule has 0 aromatic heterocycles. The summed E-state index contributed by atoms with van der Waals surface area (Å²) >= 11 is 1.98. The van der Waals surface area contributed by atoms with Crippen LogP contribution in [0.4, 0.5) is 0 Å². The molecule has 1 heterocycles. The molecule has 2 nitrogen and oxygen atoms in total. The maximum absolute atomic E-state index is 9.04. The van der Waals surface area contributed by atoms with Crippen LogP contribution in [-0.4, -0.2) is 27.4 Å². The van der Waals surface area contributed by atoms with Gasteiger partial charge in [0.1, 0.15) is 0 Å². The molecule has 1 N–H and O–H groups in total. The van der Waals surface area contributed by atoms with Crippen molar-refractivity contribution in [2.75, 3.05) is 13.1 Å². The van der Waals surface area contributed by atoms with Crippen molar-refractivity contribution in [3.63, 3.8) is 0 Å². The normalized spacial score (nSPS) is 33.0. The zero-order valence-electron chi connectivity index (χ0n) is 4.71. The summed E-state index contributed by atoms with van der Waals surface area (Å²) in [5.41, 5.74) is 0. The molecule has 1 aliphatic heterocycles. The molecule has 1 aliphatic rings.